The van der Waals surface area contributed by atoms with Crippen LogP contribution in [0.5, 0.6) is 0 Å². The third-order valence-corrected chi connectivity index (χ3v) is 2.14. The monoisotopic (exact) mass is 160 g/mol. The lowest BCUT2D eigenvalue weighted by atomic mass is 9.96. The van der Waals surface area contributed by atoms with Gasteiger partial charge in [0.15, 0.2) is 0 Å². The molecule has 0 unspecified atom stereocenters. The molecular formula is C8H16O3. The Balaban J connectivity index is 2.40. The fourth-order valence-corrected chi connectivity index (χ4v) is 1.26. The van der Waals surface area contributed by atoms with Crippen molar-refractivity contribution < 1.29 is 14.9 Å². The van der Waals surface area contributed by atoms with Crippen molar-refractivity contribution in [2.75, 3.05) is 6.61 Å². The molecule has 11 heavy (non-hydrogen) atoms. The summed E-state index contributed by atoms with van der Waals surface area (Å²) in [7, 11) is 0. The first kappa shape index (κ1) is 8.97. The van der Waals surface area contributed by atoms with Crippen LogP contribution in [0.15, 0.2) is 0 Å². The van der Waals surface area contributed by atoms with Gasteiger partial charge < -0.3 is 14.9 Å². The first-order valence-electron chi connectivity index (χ1n) is 4.09. The predicted molar refractivity (Wildman–Crippen MR) is 41.2 cm³/mol. The van der Waals surface area contributed by atoms with Crippen molar-refractivity contribution in [2.24, 2.45) is 5.92 Å². The minimum absolute atomic E-state index is 0.105. The lowest BCUT2D eigenvalue weighted by Crippen LogP contribution is -2.42. The van der Waals surface area contributed by atoms with E-state index in [0.29, 0.717) is 12.3 Å². The third-order valence-electron chi connectivity index (χ3n) is 2.14. The van der Waals surface area contributed by atoms with Crippen LogP contribution in [0.4, 0.5) is 0 Å². The molecule has 0 aliphatic carbocycles. The standard InChI is InChI=1S/C8H16O3/c1-5(2)8-3-6(9)7(10)4-11-8/h5-10H,3-4H2,1-2H3/t6-,7-,8-/m1/s1. The van der Waals surface area contributed by atoms with Crippen molar-refractivity contribution in [2.45, 2.75) is 38.6 Å². The highest BCUT2D eigenvalue weighted by molar-refractivity contribution is 4.78. The van der Waals surface area contributed by atoms with Crippen molar-refractivity contribution >= 4 is 0 Å². The summed E-state index contributed by atoms with van der Waals surface area (Å²) >= 11 is 0. The molecule has 2 N–H and O–H groups in total. The average Bonchev–Trinajstić information content (AvgIpc) is 1.94. The topological polar surface area (TPSA) is 49.7 Å². The number of aliphatic hydroxyl groups is 2. The van der Waals surface area contributed by atoms with Gasteiger partial charge >= 0.3 is 0 Å². The molecule has 0 saturated carbocycles. The second-order valence-electron chi connectivity index (χ2n) is 3.49. The first-order chi connectivity index (χ1) is 5.11. The Hall–Kier alpha value is -0.120. The zero-order valence-corrected chi connectivity index (χ0v) is 7.03. The normalized spacial score (nSPS) is 39.5. The van der Waals surface area contributed by atoms with Crippen molar-refractivity contribution in [1.29, 1.82) is 0 Å². The maximum Gasteiger partial charge on any atom is 0.103 e. The molecule has 1 aliphatic rings. The van der Waals surface area contributed by atoms with Gasteiger partial charge in [-0.1, -0.05) is 13.8 Å². The summed E-state index contributed by atoms with van der Waals surface area (Å²) in [5.41, 5.74) is 0. The zero-order valence-electron chi connectivity index (χ0n) is 7.03. The van der Waals surface area contributed by atoms with E-state index in [2.05, 4.69) is 13.8 Å². The van der Waals surface area contributed by atoms with Crippen LogP contribution in [0.1, 0.15) is 20.3 Å². The second-order valence-corrected chi connectivity index (χ2v) is 3.49. The SMILES string of the molecule is CC(C)[C@H]1C[C@@H](O)[C@H](O)CO1. The molecule has 1 fully saturated rings. The van der Waals surface area contributed by atoms with Crippen molar-refractivity contribution in [3.05, 3.63) is 0 Å². The maximum absolute atomic E-state index is 9.27. The molecule has 0 radical (unpaired) electrons. The Kier molecular flexibility index (Phi) is 2.87. The molecule has 0 amide bonds. The van der Waals surface area contributed by atoms with Crippen LogP contribution in [-0.2, 0) is 4.74 Å². The summed E-state index contributed by atoms with van der Waals surface area (Å²) in [5.74, 6) is 0.414. The van der Waals surface area contributed by atoms with Crippen molar-refractivity contribution in [3.63, 3.8) is 0 Å². The van der Waals surface area contributed by atoms with Gasteiger partial charge in [0.25, 0.3) is 0 Å². The molecule has 1 saturated heterocycles. The largest absolute Gasteiger partial charge is 0.390 e. The maximum atomic E-state index is 9.27. The third kappa shape index (κ3) is 2.15. The summed E-state index contributed by atoms with van der Waals surface area (Å²) in [4.78, 5) is 0. The van der Waals surface area contributed by atoms with Crippen molar-refractivity contribution in [3.8, 4) is 0 Å². The average molecular weight is 160 g/mol. The molecule has 0 spiro atoms. The van der Waals surface area contributed by atoms with E-state index >= 15 is 0 Å². The van der Waals surface area contributed by atoms with E-state index in [1.807, 2.05) is 0 Å². The van der Waals surface area contributed by atoms with Gasteiger partial charge in [0, 0.05) is 6.42 Å². The van der Waals surface area contributed by atoms with Gasteiger partial charge in [0.1, 0.15) is 6.10 Å². The van der Waals surface area contributed by atoms with E-state index in [1.165, 1.54) is 0 Å². The minimum Gasteiger partial charge on any atom is -0.390 e. The summed E-state index contributed by atoms with van der Waals surface area (Å²) in [6, 6.07) is 0. The summed E-state index contributed by atoms with van der Waals surface area (Å²) < 4.78 is 5.31. The van der Waals surface area contributed by atoms with E-state index < -0.39 is 12.2 Å². The molecule has 66 valence electrons. The van der Waals surface area contributed by atoms with E-state index in [4.69, 9.17) is 9.84 Å². The fraction of sp³-hybridized carbons (Fsp3) is 1.00. The Bertz CT molecular complexity index is 125. The van der Waals surface area contributed by atoms with Crippen LogP contribution < -0.4 is 0 Å². The second kappa shape index (κ2) is 3.52. The number of hydrogen-bond acceptors (Lipinski definition) is 3. The molecular weight excluding hydrogens is 144 g/mol. The van der Waals surface area contributed by atoms with Gasteiger partial charge in [0.2, 0.25) is 0 Å². The van der Waals surface area contributed by atoms with Gasteiger partial charge in [0.05, 0.1) is 18.8 Å². The molecule has 1 aliphatic heterocycles. The van der Waals surface area contributed by atoms with Crippen LogP contribution in [0.3, 0.4) is 0 Å². The van der Waals surface area contributed by atoms with Crippen LogP contribution >= 0.6 is 0 Å². The Morgan fingerprint density at radius 2 is 1.91 bits per heavy atom. The van der Waals surface area contributed by atoms with E-state index in [-0.39, 0.29) is 12.7 Å². The van der Waals surface area contributed by atoms with Crippen LogP contribution in [0.25, 0.3) is 0 Å². The molecule has 0 aromatic rings. The lowest BCUT2D eigenvalue weighted by Gasteiger charge is -2.32. The van der Waals surface area contributed by atoms with Gasteiger partial charge in [-0.3, -0.25) is 0 Å². The van der Waals surface area contributed by atoms with Gasteiger partial charge in [-0.15, -0.1) is 0 Å². The fourth-order valence-electron chi connectivity index (χ4n) is 1.26. The van der Waals surface area contributed by atoms with Crippen LogP contribution in [-0.4, -0.2) is 35.1 Å². The summed E-state index contributed by atoms with van der Waals surface area (Å²) in [5, 5.41) is 18.4. The Labute approximate surface area is 67.0 Å². The van der Waals surface area contributed by atoms with Crippen LogP contribution in [0, 0.1) is 5.92 Å². The van der Waals surface area contributed by atoms with Gasteiger partial charge in [-0.2, -0.15) is 0 Å². The smallest absolute Gasteiger partial charge is 0.103 e. The zero-order chi connectivity index (χ0) is 8.43. The van der Waals surface area contributed by atoms with Crippen LogP contribution in [0.2, 0.25) is 0 Å². The number of rotatable bonds is 1. The molecule has 1 rings (SSSR count). The minimum atomic E-state index is -0.690. The quantitative estimate of drug-likeness (QED) is 0.574. The molecule has 3 atom stereocenters. The van der Waals surface area contributed by atoms with E-state index in [9.17, 15) is 5.11 Å². The van der Waals surface area contributed by atoms with Crippen molar-refractivity contribution in [1.82, 2.24) is 0 Å². The number of ether oxygens (including phenoxy) is 1. The molecule has 0 aromatic heterocycles. The van der Waals surface area contributed by atoms with Gasteiger partial charge in [-0.05, 0) is 5.92 Å². The highest BCUT2D eigenvalue weighted by Gasteiger charge is 2.29. The van der Waals surface area contributed by atoms with E-state index in [0.717, 1.165) is 0 Å². The number of hydrogen-bond donors (Lipinski definition) is 2. The molecule has 0 bridgehead atoms. The Morgan fingerprint density at radius 3 is 2.36 bits per heavy atom. The molecule has 3 nitrogen and oxygen atoms in total. The highest BCUT2D eigenvalue weighted by Crippen LogP contribution is 2.20. The van der Waals surface area contributed by atoms with Gasteiger partial charge in [-0.25, -0.2) is 0 Å². The lowest BCUT2D eigenvalue weighted by molar-refractivity contribution is -0.132. The molecule has 3 heteroatoms. The first-order valence-corrected chi connectivity index (χ1v) is 4.09. The highest BCUT2D eigenvalue weighted by atomic mass is 16.5. The molecule has 0 aromatic carbocycles. The summed E-state index contributed by atoms with van der Waals surface area (Å²) in [6.45, 7) is 4.37. The molecule has 1 heterocycles. The predicted octanol–water partition coefficient (Wildman–Crippen LogP) is 0.153. The van der Waals surface area contributed by atoms with E-state index in [1.54, 1.807) is 0 Å². The summed E-state index contributed by atoms with van der Waals surface area (Å²) in [6.07, 6.45) is -0.631. The number of aliphatic hydroxyl groups excluding tert-OH is 2. The Morgan fingerprint density at radius 1 is 1.27 bits per heavy atom.